The molecule has 2 amide bonds. The second-order valence-corrected chi connectivity index (χ2v) is 5.63. The Labute approximate surface area is 107 Å². The van der Waals surface area contributed by atoms with Crippen molar-refractivity contribution in [3.63, 3.8) is 0 Å². The molecule has 0 aliphatic carbocycles. The molecular weight excluding hydrogens is 236 g/mol. The summed E-state index contributed by atoms with van der Waals surface area (Å²) in [6.07, 6.45) is 0.155. The maximum absolute atomic E-state index is 12.6. The second-order valence-electron chi connectivity index (χ2n) is 5.63. The van der Waals surface area contributed by atoms with Crippen LogP contribution < -0.4 is 0 Å². The largest absolute Gasteiger partial charge is 0.465 e. The Hall–Kier alpha value is -1.30. The topological polar surface area (TPSA) is 70.1 Å². The van der Waals surface area contributed by atoms with Crippen LogP contribution in [0.2, 0.25) is 0 Å². The highest BCUT2D eigenvalue weighted by atomic mass is 16.7. The lowest BCUT2D eigenvalue weighted by Gasteiger charge is -2.46. The molecule has 1 saturated heterocycles. The van der Waals surface area contributed by atoms with E-state index in [1.165, 1.54) is 19.1 Å². The number of hydrogen-bond donors (Lipinski definition) is 1. The Balaban J connectivity index is 3.27. The molecule has 1 N–H and O–H groups in total. The normalized spacial score (nSPS) is 24.2. The smallest absolute Gasteiger partial charge is 0.408 e. The van der Waals surface area contributed by atoms with Crippen LogP contribution in [0.4, 0.5) is 4.79 Å². The molecule has 6 nitrogen and oxygen atoms in total. The monoisotopic (exact) mass is 258 g/mol. The SMILES string of the molecule is CON(C)C(=O)C1(C(C)(C)C)CCCN1C(=O)O. The van der Waals surface area contributed by atoms with Gasteiger partial charge in [0.15, 0.2) is 0 Å². The summed E-state index contributed by atoms with van der Waals surface area (Å²) in [6.45, 7) is 6.04. The summed E-state index contributed by atoms with van der Waals surface area (Å²) >= 11 is 0. The van der Waals surface area contributed by atoms with Crippen molar-refractivity contribution in [3.05, 3.63) is 0 Å². The molecule has 0 aromatic rings. The van der Waals surface area contributed by atoms with Crippen molar-refractivity contribution in [1.82, 2.24) is 9.96 Å². The van der Waals surface area contributed by atoms with Gasteiger partial charge in [0.2, 0.25) is 0 Å². The fraction of sp³-hybridized carbons (Fsp3) is 0.833. The molecule has 104 valence electrons. The van der Waals surface area contributed by atoms with Crippen LogP contribution in [0.1, 0.15) is 33.6 Å². The maximum Gasteiger partial charge on any atom is 0.408 e. The lowest BCUT2D eigenvalue weighted by Crippen LogP contribution is -2.63. The van der Waals surface area contributed by atoms with Crippen LogP contribution in [0.15, 0.2) is 0 Å². The zero-order chi connectivity index (χ0) is 14.1. The number of rotatable bonds is 2. The Morgan fingerprint density at radius 2 is 1.94 bits per heavy atom. The van der Waals surface area contributed by atoms with Crippen molar-refractivity contribution in [2.24, 2.45) is 5.41 Å². The summed E-state index contributed by atoms with van der Waals surface area (Å²) < 4.78 is 0. The quantitative estimate of drug-likeness (QED) is 0.763. The van der Waals surface area contributed by atoms with Gasteiger partial charge in [-0.15, -0.1) is 0 Å². The molecule has 0 aromatic heterocycles. The molecule has 0 aromatic carbocycles. The molecule has 6 heteroatoms. The van der Waals surface area contributed by atoms with Crippen LogP contribution in [-0.2, 0) is 9.63 Å². The minimum Gasteiger partial charge on any atom is -0.465 e. The van der Waals surface area contributed by atoms with E-state index in [-0.39, 0.29) is 5.91 Å². The first-order chi connectivity index (χ1) is 8.18. The zero-order valence-corrected chi connectivity index (χ0v) is 11.7. The molecule has 1 aliphatic heterocycles. The van der Waals surface area contributed by atoms with Gasteiger partial charge in [-0.1, -0.05) is 20.8 Å². The van der Waals surface area contributed by atoms with E-state index >= 15 is 0 Å². The van der Waals surface area contributed by atoms with Crippen molar-refractivity contribution < 1.29 is 19.5 Å². The summed E-state index contributed by atoms with van der Waals surface area (Å²) in [5.74, 6) is -0.308. The van der Waals surface area contributed by atoms with E-state index in [1.54, 1.807) is 0 Å². The third kappa shape index (κ3) is 2.05. The molecule has 0 spiro atoms. The standard InChI is InChI=1S/C12H22N2O4/c1-11(2,3)12(9(15)13(4)18-5)7-6-8-14(12)10(16)17/h6-8H2,1-5H3,(H,16,17). The van der Waals surface area contributed by atoms with Crippen molar-refractivity contribution in [1.29, 1.82) is 0 Å². The van der Waals surface area contributed by atoms with E-state index in [0.29, 0.717) is 19.4 Å². The highest BCUT2D eigenvalue weighted by molar-refractivity contribution is 5.90. The number of carboxylic acid groups (broad SMARTS) is 1. The van der Waals surface area contributed by atoms with E-state index in [9.17, 15) is 14.7 Å². The average molecular weight is 258 g/mol. The fourth-order valence-electron chi connectivity index (χ4n) is 2.74. The van der Waals surface area contributed by atoms with Gasteiger partial charge >= 0.3 is 6.09 Å². The van der Waals surface area contributed by atoms with Crippen LogP contribution in [0.5, 0.6) is 0 Å². The zero-order valence-electron chi connectivity index (χ0n) is 11.7. The van der Waals surface area contributed by atoms with Gasteiger partial charge in [0.25, 0.3) is 5.91 Å². The first-order valence-corrected chi connectivity index (χ1v) is 6.01. The van der Waals surface area contributed by atoms with Gasteiger partial charge in [0.05, 0.1) is 7.11 Å². The van der Waals surface area contributed by atoms with Crippen LogP contribution in [0.25, 0.3) is 0 Å². The van der Waals surface area contributed by atoms with E-state index < -0.39 is 17.0 Å². The molecule has 1 atom stereocenters. The lowest BCUT2D eigenvalue weighted by atomic mass is 9.71. The second kappa shape index (κ2) is 4.76. The van der Waals surface area contributed by atoms with Crippen LogP contribution in [-0.4, -0.2) is 53.3 Å². The van der Waals surface area contributed by atoms with E-state index in [2.05, 4.69) is 0 Å². The van der Waals surface area contributed by atoms with Crippen LogP contribution in [0, 0.1) is 5.41 Å². The predicted molar refractivity (Wildman–Crippen MR) is 65.9 cm³/mol. The van der Waals surface area contributed by atoms with Gasteiger partial charge in [-0.3, -0.25) is 14.5 Å². The average Bonchev–Trinajstić information content (AvgIpc) is 2.71. The highest BCUT2D eigenvalue weighted by Crippen LogP contribution is 2.44. The molecule has 1 heterocycles. The molecule has 1 aliphatic rings. The Morgan fingerprint density at radius 1 is 1.39 bits per heavy atom. The van der Waals surface area contributed by atoms with Gasteiger partial charge in [-0.2, -0.15) is 0 Å². The molecule has 1 fully saturated rings. The van der Waals surface area contributed by atoms with Gasteiger partial charge in [-0.25, -0.2) is 9.86 Å². The van der Waals surface area contributed by atoms with Gasteiger partial charge in [0.1, 0.15) is 5.54 Å². The summed E-state index contributed by atoms with van der Waals surface area (Å²) in [4.78, 5) is 30.1. The van der Waals surface area contributed by atoms with Crippen molar-refractivity contribution in [3.8, 4) is 0 Å². The van der Waals surface area contributed by atoms with E-state index in [0.717, 1.165) is 5.06 Å². The number of hydroxylamine groups is 2. The van der Waals surface area contributed by atoms with Gasteiger partial charge < -0.3 is 5.11 Å². The summed E-state index contributed by atoms with van der Waals surface area (Å²) in [7, 11) is 2.91. The number of carbonyl (C=O) groups is 2. The third-order valence-corrected chi connectivity index (χ3v) is 3.77. The molecule has 0 radical (unpaired) electrons. The van der Waals surface area contributed by atoms with Crippen LogP contribution >= 0.6 is 0 Å². The first-order valence-electron chi connectivity index (χ1n) is 6.01. The van der Waals surface area contributed by atoms with Crippen molar-refractivity contribution in [2.75, 3.05) is 20.7 Å². The minimum absolute atomic E-state index is 0.308. The number of hydrogen-bond acceptors (Lipinski definition) is 3. The Morgan fingerprint density at radius 3 is 2.33 bits per heavy atom. The van der Waals surface area contributed by atoms with Crippen molar-refractivity contribution in [2.45, 2.75) is 39.2 Å². The summed E-state index contributed by atoms with van der Waals surface area (Å²) in [5.41, 5.74) is -1.55. The lowest BCUT2D eigenvalue weighted by molar-refractivity contribution is -0.186. The van der Waals surface area contributed by atoms with Gasteiger partial charge in [-0.05, 0) is 18.3 Å². The Kier molecular flexibility index (Phi) is 3.90. The minimum atomic E-state index is -1.06. The predicted octanol–water partition coefficient (Wildman–Crippen LogP) is 1.56. The maximum atomic E-state index is 12.6. The molecule has 18 heavy (non-hydrogen) atoms. The Bertz CT molecular complexity index is 350. The number of amides is 2. The fourth-order valence-corrected chi connectivity index (χ4v) is 2.74. The molecule has 0 saturated carbocycles. The van der Waals surface area contributed by atoms with Crippen LogP contribution in [0.3, 0.4) is 0 Å². The summed E-state index contributed by atoms with van der Waals surface area (Å²) in [6, 6.07) is 0. The molecular formula is C12H22N2O4. The first kappa shape index (κ1) is 14.8. The number of carbonyl (C=O) groups excluding carboxylic acids is 1. The number of likely N-dealkylation sites (tertiary alicyclic amines) is 1. The van der Waals surface area contributed by atoms with E-state index in [1.807, 2.05) is 20.8 Å². The van der Waals surface area contributed by atoms with E-state index in [4.69, 9.17) is 4.84 Å². The molecule has 1 unspecified atom stereocenters. The summed E-state index contributed by atoms with van der Waals surface area (Å²) in [5, 5.41) is 10.4. The van der Waals surface area contributed by atoms with Gasteiger partial charge in [0, 0.05) is 13.6 Å². The number of likely N-dealkylation sites (N-methyl/N-ethyl adjacent to an activating group) is 1. The number of nitrogens with zero attached hydrogens (tertiary/aromatic N) is 2. The third-order valence-electron chi connectivity index (χ3n) is 3.77. The highest BCUT2D eigenvalue weighted by Gasteiger charge is 2.58. The van der Waals surface area contributed by atoms with Crippen molar-refractivity contribution >= 4 is 12.0 Å². The molecule has 1 rings (SSSR count). The molecule has 0 bridgehead atoms.